The summed E-state index contributed by atoms with van der Waals surface area (Å²) in [6.07, 6.45) is 3.17. The summed E-state index contributed by atoms with van der Waals surface area (Å²) >= 11 is 1.51. The topological polar surface area (TPSA) is 24.9 Å². The maximum atomic E-state index is 13.8. The highest BCUT2D eigenvalue weighted by atomic mass is 32.1. The molecule has 0 fully saturated rings. The number of hydrogen-bond donors (Lipinski definition) is 1. The monoisotopic (exact) mass is 280 g/mol. The Hall–Kier alpha value is -1.33. The zero-order chi connectivity index (χ0) is 13.4. The first-order valence-corrected chi connectivity index (χ1v) is 7.13. The van der Waals surface area contributed by atoms with Crippen molar-refractivity contribution in [3.63, 3.8) is 0 Å². The molecular formula is C14H14F2N2S. The third kappa shape index (κ3) is 2.28. The van der Waals surface area contributed by atoms with Gasteiger partial charge in [0, 0.05) is 16.5 Å². The number of benzene rings is 1. The van der Waals surface area contributed by atoms with E-state index in [4.69, 9.17) is 0 Å². The fourth-order valence-corrected chi connectivity index (χ4v) is 3.67. The van der Waals surface area contributed by atoms with Crippen LogP contribution in [0, 0.1) is 11.6 Å². The molecule has 1 unspecified atom stereocenters. The Balaban J connectivity index is 2.05. The van der Waals surface area contributed by atoms with E-state index in [1.165, 1.54) is 28.3 Å². The van der Waals surface area contributed by atoms with E-state index in [0.29, 0.717) is 10.6 Å². The Labute approximate surface area is 114 Å². The van der Waals surface area contributed by atoms with Crippen LogP contribution in [0.2, 0.25) is 0 Å². The summed E-state index contributed by atoms with van der Waals surface area (Å²) in [7, 11) is 1.91. The Bertz CT molecular complexity index is 609. The van der Waals surface area contributed by atoms with Gasteiger partial charge in [0.1, 0.15) is 16.6 Å². The molecule has 1 N–H and O–H groups in total. The number of thiazole rings is 1. The molecule has 1 heterocycles. The fraction of sp³-hybridized carbons (Fsp3) is 0.357. The van der Waals surface area contributed by atoms with Gasteiger partial charge in [0.15, 0.2) is 0 Å². The summed E-state index contributed by atoms with van der Waals surface area (Å²) in [6.45, 7) is 0. The van der Waals surface area contributed by atoms with Crippen LogP contribution in [-0.2, 0) is 6.42 Å². The first-order chi connectivity index (χ1) is 9.19. The van der Waals surface area contributed by atoms with Gasteiger partial charge in [0.2, 0.25) is 0 Å². The summed E-state index contributed by atoms with van der Waals surface area (Å²) in [6, 6.07) is 3.89. The number of aromatic nitrogens is 1. The molecule has 0 radical (unpaired) electrons. The molecule has 0 saturated carbocycles. The lowest BCUT2D eigenvalue weighted by Crippen LogP contribution is -2.21. The smallest absolute Gasteiger partial charge is 0.136 e. The van der Waals surface area contributed by atoms with E-state index < -0.39 is 11.6 Å². The van der Waals surface area contributed by atoms with Gasteiger partial charge in [-0.15, -0.1) is 11.3 Å². The van der Waals surface area contributed by atoms with E-state index in [2.05, 4.69) is 10.3 Å². The molecule has 100 valence electrons. The zero-order valence-corrected chi connectivity index (χ0v) is 11.4. The van der Waals surface area contributed by atoms with Gasteiger partial charge in [-0.1, -0.05) is 0 Å². The molecule has 1 atom stereocenters. The zero-order valence-electron chi connectivity index (χ0n) is 10.5. The van der Waals surface area contributed by atoms with Gasteiger partial charge in [0.25, 0.3) is 0 Å². The Morgan fingerprint density at radius 3 is 2.95 bits per heavy atom. The Morgan fingerprint density at radius 2 is 2.21 bits per heavy atom. The van der Waals surface area contributed by atoms with Crippen molar-refractivity contribution in [1.29, 1.82) is 0 Å². The molecule has 5 heteroatoms. The van der Waals surface area contributed by atoms with Gasteiger partial charge in [-0.3, -0.25) is 0 Å². The van der Waals surface area contributed by atoms with Crippen molar-refractivity contribution in [2.75, 3.05) is 7.05 Å². The summed E-state index contributed by atoms with van der Waals surface area (Å²) < 4.78 is 26.7. The third-order valence-corrected chi connectivity index (χ3v) is 4.63. The van der Waals surface area contributed by atoms with Crippen LogP contribution in [0.5, 0.6) is 0 Å². The minimum atomic E-state index is -0.560. The van der Waals surface area contributed by atoms with Crippen LogP contribution in [0.25, 0.3) is 10.6 Å². The van der Waals surface area contributed by atoms with E-state index in [9.17, 15) is 8.78 Å². The fourth-order valence-electron chi connectivity index (χ4n) is 2.48. The highest BCUT2D eigenvalue weighted by Crippen LogP contribution is 2.37. The normalized spacial score (nSPS) is 18.4. The van der Waals surface area contributed by atoms with Crippen molar-refractivity contribution >= 4 is 11.3 Å². The molecule has 3 rings (SSSR count). The van der Waals surface area contributed by atoms with Gasteiger partial charge in [-0.25, -0.2) is 13.8 Å². The first kappa shape index (κ1) is 12.7. The maximum Gasteiger partial charge on any atom is 0.136 e. The molecule has 1 aliphatic rings. The van der Waals surface area contributed by atoms with E-state index in [1.54, 1.807) is 0 Å². The number of fused-ring (bicyclic) bond motifs is 1. The van der Waals surface area contributed by atoms with E-state index in [1.807, 2.05) is 7.05 Å². The van der Waals surface area contributed by atoms with Crippen molar-refractivity contribution in [1.82, 2.24) is 10.3 Å². The summed E-state index contributed by atoms with van der Waals surface area (Å²) in [5, 5.41) is 3.88. The second kappa shape index (κ2) is 4.98. The second-order valence-corrected chi connectivity index (χ2v) is 5.77. The summed E-state index contributed by atoms with van der Waals surface area (Å²) in [4.78, 5) is 5.77. The molecule has 1 aromatic heterocycles. The molecule has 2 aromatic rings. The lowest BCUT2D eigenvalue weighted by Gasteiger charge is -2.19. The van der Waals surface area contributed by atoms with E-state index >= 15 is 0 Å². The van der Waals surface area contributed by atoms with E-state index in [-0.39, 0.29) is 6.04 Å². The lowest BCUT2D eigenvalue weighted by molar-refractivity contribution is 0.490. The lowest BCUT2D eigenvalue weighted by atomic mass is 9.98. The number of nitrogens with zero attached hydrogens (tertiary/aromatic N) is 1. The van der Waals surface area contributed by atoms with Gasteiger partial charge in [0.05, 0.1) is 11.7 Å². The van der Waals surface area contributed by atoms with Gasteiger partial charge in [-0.2, -0.15) is 0 Å². The Morgan fingerprint density at radius 1 is 1.37 bits per heavy atom. The van der Waals surface area contributed by atoms with Crippen molar-refractivity contribution < 1.29 is 8.78 Å². The summed E-state index contributed by atoms with van der Waals surface area (Å²) in [5.41, 5.74) is 1.41. The molecule has 0 aliphatic heterocycles. The minimum Gasteiger partial charge on any atom is -0.312 e. The summed E-state index contributed by atoms with van der Waals surface area (Å²) in [5.74, 6) is -1.11. The molecule has 0 amide bonds. The van der Waals surface area contributed by atoms with Crippen LogP contribution in [0.3, 0.4) is 0 Å². The van der Waals surface area contributed by atoms with Crippen molar-refractivity contribution in [2.45, 2.75) is 25.3 Å². The third-order valence-electron chi connectivity index (χ3n) is 3.46. The predicted octanol–water partition coefficient (Wildman–Crippen LogP) is 3.69. The number of nitrogens with one attached hydrogen (secondary N) is 1. The van der Waals surface area contributed by atoms with Crippen LogP contribution < -0.4 is 5.32 Å². The second-order valence-electron chi connectivity index (χ2n) is 4.69. The van der Waals surface area contributed by atoms with Crippen molar-refractivity contribution in [3.05, 3.63) is 40.4 Å². The van der Waals surface area contributed by atoms with Crippen molar-refractivity contribution in [2.24, 2.45) is 0 Å². The average molecular weight is 280 g/mol. The van der Waals surface area contributed by atoms with Crippen LogP contribution in [0.1, 0.15) is 29.5 Å². The van der Waals surface area contributed by atoms with Gasteiger partial charge >= 0.3 is 0 Å². The molecule has 19 heavy (non-hydrogen) atoms. The highest BCUT2D eigenvalue weighted by molar-refractivity contribution is 7.15. The number of hydrogen-bond acceptors (Lipinski definition) is 3. The van der Waals surface area contributed by atoms with Crippen LogP contribution in [0.15, 0.2) is 18.2 Å². The standard InChI is InChI=1S/C14H14F2N2S/c1-17-11-3-2-4-12-13(11)18-14(19-12)9-6-5-8(15)7-10(9)16/h5-7,11,17H,2-4H2,1H3. The maximum absolute atomic E-state index is 13.8. The predicted molar refractivity (Wildman–Crippen MR) is 72.2 cm³/mol. The van der Waals surface area contributed by atoms with Crippen molar-refractivity contribution in [3.8, 4) is 10.6 Å². The highest BCUT2D eigenvalue weighted by Gasteiger charge is 2.24. The number of halogens is 2. The molecule has 0 saturated heterocycles. The Kier molecular flexibility index (Phi) is 3.33. The quantitative estimate of drug-likeness (QED) is 0.907. The molecule has 0 spiro atoms. The van der Waals surface area contributed by atoms with Gasteiger partial charge < -0.3 is 5.32 Å². The molecule has 1 aliphatic carbocycles. The SMILES string of the molecule is CNC1CCCc2sc(-c3ccc(F)cc3F)nc21. The van der Waals surface area contributed by atoms with Crippen LogP contribution in [-0.4, -0.2) is 12.0 Å². The molecule has 1 aromatic carbocycles. The first-order valence-electron chi connectivity index (χ1n) is 6.31. The van der Waals surface area contributed by atoms with Crippen LogP contribution in [0.4, 0.5) is 8.78 Å². The molecule has 0 bridgehead atoms. The van der Waals surface area contributed by atoms with Gasteiger partial charge in [-0.05, 0) is 38.4 Å². The average Bonchev–Trinajstić information content (AvgIpc) is 2.81. The molecule has 2 nitrogen and oxygen atoms in total. The minimum absolute atomic E-state index is 0.247. The van der Waals surface area contributed by atoms with E-state index in [0.717, 1.165) is 31.0 Å². The molecular weight excluding hydrogens is 266 g/mol. The number of aryl methyl sites for hydroxylation is 1. The number of rotatable bonds is 2. The largest absolute Gasteiger partial charge is 0.312 e. The van der Waals surface area contributed by atoms with Crippen LogP contribution >= 0.6 is 11.3 Å².